The number of piperidine rings is 1. The van der Waals surface area contributed by atoms with E-state index in [1.807, 2.05) is 60.5 Å². The molecule has 1 unspecified atom stereocenters. The second-order valence-electron chi connectivity index (χ2n) is 14.7. The Morgan fingerprint density at radius 3 is 2.31 bits per heavy atom. The number of carbonyl (C=O) groups is 3. The van der Waals surface area contributed by atoms with E-state index in [0.29, 0.717) is 52.7 Å². The molecule has 1 saturated heterocycles. The zero-order valence-electron chi connectivity index (χ0n) is 29.3. The summed E-state index contributed by atoms with van der Waals surface area (Å²) >= 11 is 6.96. The van der Waals surface area contributed by atoms with Crippen LogP contribution in [-0.4, -0.2) is 67.8 Å². The number of fused-ring (bicyclic) bond motifs is 1. The van der Waals surface area contributed by atoms with Crippen LogP contribution in [-0.2, 0) is 24.3 Å². The van der Waals surface area contributed by atoms with Crippen molar-refractivity contribution < 1.29 is 19.5 Å². The number of nitrogens with one attached hydrogen (secondary N) is 2. The lowest BCUT2D eigenvalue weighted by atomic mass is 9.98. The fourth-order valence-electron chi connectivity index (χ4n) is 7.82. The lowest BCUT2D eigenvalue weighted by Crippen LogP contribution is -2.44. The van der Waals surface area contributed by atoms with E-state index in [9.17, 15) is 19.5 Å². The van der Waals surface area contributed by atoms with E-state index in [-0.39, 0.29) is 11.8 Å². The van der Waals surface area contributed by atoms with Crippen molar-refractivity contribution in [2.24, 2.45) is 0 Å². The average Bonchev–Trinajstić information content (AvgIpc) is 4.08. The molecule has 52 heavy (non-hydrogen) atoms. The number of anilines is 2. The highest BCUT2D eigenvalue weighted by molar-refractivity contribution is 6.36. The van der Waals surface area contributed by atoms with Crippen molar-refractivity contribution in [3.05, 3.63) is 105 Å². The number of carboxylic acid groups (broad SMARTS) is 1. The molecule has 0 spiro atoms. The summed E-state index contributed by atoms with van der Waals surface area (Å²) in [7, 11) is 0. The summed E-state index contributed by atoms with van der Waals surface area (Å²) < 4.78 is 0. The van der Waals surface area contributed by atoms with Crippen LogP contribution in [0.1, 0.15) is 99.7 Å². The van der Waals surface area contributed by atoms with Crippen molar-refractivity contribution in [2.75, 3.05) is 23.7 Å². The average molecular weight is 719 g/mol. The number of pyridine rings is 2. The van der Waals surface area contributed by atoms with Gasteiger partial charge in [-0.25, -0.2) is 0 Å². The molecule has 2 aliphatic carbocycles. The predicted octanol–water partition coefficient (Wildman–Crippen LogP) is 7.45. The van der Waals surface area contributed by atoms with E-state index >= 15 is 0 Å². The van der Waals surface area contributed by atoms with Crippen molar-refractivity contribution in [3.8, 4) is 11.1 Å². The maximum Gasteiger partial charge on any atom is 0.320 e. The number of rotatable bonds is 10. The first kappa shape index (κ1) is 34.4. The van der Waals surface area contributed by atoms with Crippen LogP contribution in [0.3, 0.4) is 0 Å². The fourth-order valence-corrected chi connectivity index (χ4v) is 8.09. The number of carbonyl (C=O) groups excluding carboxylic acids is 2. The maximum atomic E-state index is 13.6. The van der Waals surface area contributed by atoms with Crippen molar-refractivity contribution in [1.29, 1.82) is 0 Å². The summed E-state index contributed by atoms with van der Waals surface area (Å²) in [6.07, 6.45) is 11.7. The largest absolute Gasteiger partial charge is 0.480 e. The van der Waals surface area contributed by atoms with Crippen LogP contribution in [0.25, 0.3) is 11.1 Å². The van der Waals surface area contributed by atoms with Gasteiger partial charge in [0.1, 0.15) is 17.4 Å². The SMILES string of the molecule is Cc1c(NC(=O)c2cc(C3CC3)c(CN3CCCCC3C(=O)O)cn2)cccc1-c1cccc(NC(=O)c2cc3c(cn2)CN(C2CC2)CC3)c1Cl. The Kier molecular flexibility index (Phi) is 9.55. The molecular weight excluding hydrogens is 676 g/mol. The van der Waals surface area contributed by atoms with Crippen molar-refractivity contribution in [1.82, 2.24) is 19.8 Å². The Balaban J connectivity index is 0.977. The first-order valence-electron chi connectivity index (χ1n) is 18.4. The maximum absolute atomic E-state index is 13.6. The van der Waals surface area contributed by atoms with Crippen LogP contribution in [0.2, 0.25) is 5.02 Å². The van der Waals surface area contributed by atoms with Crippen LogP contribution in [0.4, 0.5) is 11.4 Å². The molecule has 268 valence electrons. The summed E-state index contributed by atoms with van der Waals surface area (Å²) in [5, 5.41) is 16.2. The Hall–Kier alpha value is -4.64. The molecular formula is C41H43ClN6O4. The predicted molar refractivity (Wildman–Crippen MR) is 201 cm³/mol. The van der Waals surface area contributed by atoms with E-state index in [2.05, 4.69) is 25.5 Å². The van der Waals surface area contributed by atoms with E-state index < -0.39 is 12.0 Å². The van der Waals surface area contributed by atoms with Crippen molar-refractivity contribution in [2.45, 2.75) is 89.4 Å². The highest BCUT2D eigenvalue weighted by Gasteiger charge is 2.33. The lowest BCUT2D eigenvalue weighted by molar-refractivity contribution is -0.144. The number of carboxylic acids is 1. The van der Waals surface area contributed by atoms with Crippen LogP contribution >= 0.6 is 11.6 Å². The summed E-state index contributed by atoms with van der Waals surface area (Å²) in [6.45, 7) is 5.08. The molecule has 3 fully saturated rings. The minimum atomic E-state index is -0.783. The first-order chi connectivity index (χ1) is 25.2. The van der Waals surface area contributed by atoms with Crippen molar-refractivity contribution in [3.63, 3.8) is 0 Å². The number of aliphatic carboxylic acids is 1. The minimum absolute atomic E-state index is 0.314. The fraction of sp³-hybridized carbons (Fsp3) is 0.390. The zero-order chi connectivity index (χ0) is 35.9. The van der Waals surface area contributed by atoms with Gasteiger partial charge >= 0.3 is 5.97 Å². The quantitative estimate of drug-likeness (QED) is 0.154. The number of halogens is 1. The van der Waals surface area contributed by atoms with Gasteiger partial charge in [-0.05, 0) is 122 Å². The Morgan fingerprint density at radius 1 is 0.846 bits per heavy atom. The standard InChI is InChI=1S/C41H43ClN6O4/c1-24-30(31-7-5-9-34(38(31)42)46-39(49)35-18-26-15-17-47(29-13-14-29)22-27(26)20-43-35)6-4-8-33(24)45-40(50)36-19-32(25-11-12-25)28(21-44-36)23-48-16-3-2-10-37(48)41(51)52/h4-9,18-21,25,29,37H,2-3,10-17,22-23H2,1H3,(H,45,50)(H,46,49)(H,51,52). The number of likely N-dealkylation sites (tertiary alicyclic amines) is 1. The Morgan fingerprint density at radius 2 is 1.56 bits per heavy atom. The van der Waals surface area contributed by atoms with E-state index in [4.69, 9.17) is 11.6 Å². The molecule has 10 nitrogen and oxygen atoms in total. The smallest absolute Gasteiger partial charge is 0.320 e. The minimum Gasteiger partial charge on any atom is -0.480 e. The van der Waals surface area contributed by atoms with Crippen LogP contribution < -0.4 is 10.6 Å². The third kappa shape index (κ3) is 7.20. The zero-order valence-corrected chi connectivity index (χ0v) is 30.1. The summed E-state index contributed by atoms with van der Waals surface area (Å²) in [4.78, 5) is 52.5. The lowest BCUT2D eigenvalue weighted by Gasteiger charge is -2.33. The van der Waals surface area contributed by atoms with Gasteiger partial charge in [-0.3, -0.25) is 34.2 Å². The van der Waals surface area contributed by atoms with E-state index in [0.717, 1.165) is 79.6 Å². The first-order valence-corrected chi connectivity index (χ1v) is 18.8. The van der Waals surface area contributed by atoms with Gasteiger partial charge in [-0.2, -0.15) is 0 Å². The van der Waals surface area contributed by atoms with Gasteiger partial charge in [0.2, 0.25) is 0 Å². The topological polar surface area (TPSA) is 128 Å². The number of aromatic nitrogens is 2. The molecule has 2 aromatic carbocycles. The highest BCUT2D eigenvalue weighted by atomic mass is 35.5. The monoisotopic (exact) mass is 718 g/mol. The van der Waals surface area contributed by atoms with Gasteiger partial charge in [0.05, 0.1) is 10.7 Å². The van der Waals surface area contributed by atoms with Crippen molar-refractivity contribution >= 4 is 40.8 Å². The van der Waals surface area contributed by atoms with Crippen LogP contribution in [0.5, 0.6) is 0 Å². The van der Waals surface area contributed by atoms with Gasteiger partial charge in [-0.15, -0.1) is 0 Å². The van der Waals surface area contributed by atoms with Gasteiger partial charge in [0.15, 0.2) is 0 Å². The second kappa shape index (κ2) is 14.4. The van der Waals surface area contributed by atoms with Crippen LogP contribution in [0.15, 0.2) is 60.9 Å². The number of benzene rings is 2. The number of nitrogens with zero attached hydrogens (tertiary/aromatic N) is 4. The van der Waals surface area contributed by atoms with Crippen LogP contribution in [0, 0.1) is 6.92 Å². The second-order valence-corrected chi connectivity index (χ2v) is 15.1. The number of hydrogen-bond acceptors (Lipinski definition) is 7. The van der Waals surface area contributed by atoms with E-state index in [1.54, 1.807) is 12.3 Å². The Labute approximate surface area is 308 Å². The summed E-state index contributed by atoms with van der Waals surface area (Å²) in [5.74, 6) is -1.06. The van der Waals surface area contributed by atoms with Gasteiger partial charge in [0.25, 0.3) is 11.8 Å². The molecule has 2 aromatic heterocycles. The van der Waals surface area contributed by atoms with Gasteiger partial charge in [-0.1, -0.05) is 42.3 Å². The molecule has 4 aromatic rings. The molecule has 2 amide bonds. The molecule has 8 rings (SSSR count). The molecule has 11 heteroatoms. The molecule has 0 radical (unpaired) electrons. The van der Waals surface area contributed by atoms with Gasteiger partial charge < -0.3 is 15.7 Å². The molecule has 3 N–H and O–H groups in total. The summed E-state index contributed by atoms with van der Waals surface area (Å²) in [6, 6.07) is 15.2. The number of amides is 2. The molecule has 4 aliphatic rings. The van der Waals surface area contributed by atoms with Gasteiger partial charge in [0, 0.05) is 49.3 Å². The third-order valence-corrected chi connectivity index (χ3v) is 11.5. The molecule has 1 atom stereocenters. The number of hydrogen-bond donors (Lipinski definition) is 3. The molecule has 4 heterocycles. The highest BCUT2D eigenvalue weighted by Crippen LogP contribution is 2.43. The molecule has 2 aliphatic heterocycles. The third-order valence-electron chi connectivity index (χ3n) is 11.1. The molecule has 0 bridgehead atoms. The normalized spacial score (nSPS) is 19.2. The molecule has 2 saturated carbocycles. The Bertz CT molecular complexity index is 2060. The van der Waals surface area contributed by atoms with E-state index in [1.165, 1.54) is 24.0 Å². The summed E-state index contributed by atoms with van der Waals surface area (Å²) in [5.41, 5.74) is 8.60.